The van der Waals surface area contributed by atoms with Gasteiger partial charge in [0.25, 0.3) is 17.7 Å². The molecule has 1 saturated heterocycles. The van der Waals surface area contributed by atoms with Gasteiger partial charge in [-0.05, 0) is 47.2 Å². The SMILES string of the molecule is O=CC1=C(C(=O)OC(c2ccccc2)c2ccccc2)N2C(=O)[C@@H](NC(=O)CCCC(C(=O)OC(c3ccccc3)c3ccccc3)N3C(=O)c4ccccc4C3=O)[C@@H]2SC1. The number of nitrogens with zero attached hydrogens (tertiary/aromatic N) is 2. The molecule has 3 aliphatic rings. The highest BCUT2D eigenvalue weighted by Crippen LogP contribution is 2.41. The smallest absolute Gasteiger partial charge is 0.356 e. The van der Waals surface area contributed by atoms with Crippen molar-refractivity contribution >= 4 is 53.6 Å². The van der Waals surface area contributed by atoms with Crippen LogP contribution in [0.1, 0.15) is 74.4 Å². The number of amides is 4. The molecule has 0 aliphatic carbocycles. The van der Waals surface area contributed by atoms with Crippen molar-refractivity contribution in [2.45, 2.75) is 48.9 Å². The summed E-state index contributed by atoms with van der Waals surface area (Å²) in [5, 5.41) is 2.06. The van der Waals surface area contributed by atoms with Crippen LogP contribution in [0.2, 0.25) is 0 Å². The Morgan fingerprint density at radius 2 is 1.13 bits per heavy atom. The molecular formula is C48H39N3O9S. The molecule has 5 aromatic carbocycles. The number of hydrogen-bond donors (Lipinski definition) is 1. The minimum absolute atomic E-state index is 0.0376. The van der Waals surface area contributed by atoms with E-state index in [2.05, 4.69) is 5.32 Å². The molecular weight excluding hydrogens is 795 g/mol. The van der Waals surface area contributed by atoms with Crippen molar-refractivity contribution in [1.82, 2.24) is 15.1 Å². The molecule has 1 N–H and O–H groups in total. The van der Waals surface area contributed by atoms with Crippen LogP contribution in [0.5, 0.6) is 0 Å². The quantitative estimate of drug-likeness (QED) is 0.0547. The molecule has 3 heterocycles. The lowest BCUT2D eigenvalue weighted by molar-refractivity contribution is -0.155. The molecule has 306 valence electrons. The summed E-state index contributed by atoms with van der Waals surface area (Å²) in [4.78, 5) is 96.9. The average molecular weight is 834 g/mol. The van der Waals surface area contributed by atoms with Gasteiger partial charge < -0.3 is 14.8 Å². The zero-order valence-corrected chi connectivity index (χ0v) is 33.4. The van der Waals surface area contributed by atoms with Gasteiger partial charge in [0, 0.05) is 17.7 Å². The summed E-state index contributed by atoms with van der Waals surface area (Å²) in [6, 6.07) is 40.3. The van der Waals surface area contributed by atoms with E-state index >= 15 is 0 Å². The van der Waals surface area contributed by atoms with Crippen LogP contribution >= 0.6 is 11.8 Å². The van der Waals surface area contributed by atoms with Crippen LogP contribution in [0.25, 0.3) is 0 Å². The number of fused-ring (bicyclic) bond motifs is 2. The van der Waals surface area contributed by atoms with Crippen LogP contribution < -0.4 is 5.32 Å². The van der Waals surface area contributed by atoms with Crippen LogP contribution in [0.3, 0.4) is 0 Å². The highest BCUT2D eigenvalue weighted by atomic mass is 32.2. The van der Waals surface area contributed by atoms with E-state index < -0.39 is 65.2 Å². The second-order valence-electron chi connectivity index (χ2n) is 14.6. The molecule has 3 aliphatic heterocycles. The van der Waals surface area contributed by atoms with E-state index in [1.54, 1.807) is 12.1 Å². The molecule has 0 saturated carbocycles. The van der Waals surface area contributed by atoms with E-state index in [0.717, 1.165) is 4.90 Å². The van der Waals surface area contributed by atoms with E-state index in [4.69, 9.17) is 9.47 Å². The van der Waals surface area contributed by atoms with Gasteiger partial charge in [0.1, 0.15) is 29.4 Å². The molecule has 0 spiro atoms. The van der Waals surface area contributed by atoms with Crippen molar-refractivity contribution in [3.05, 3.63) is 190 Å². The number of hydrogen-bond acceptors (Lipinski definition) is 10. The predicted octanol–water partition coefficient (Wildman–Crippen LogP) is 6.34. The summed E-state index contributed by atoms with van der Waals surface area (Å²) >= 11 is 1.23. The summed E-state index contributed by atoms with van der Waals surface area (Å²) in [6.45, 7) is 0. The van der Waals surface area contributed by atoms with Gasteiger partial charge >= 0.3 is 11.9 Å². The fourth-order valence-corrected chi connectivity index (χ4v) is 9.08. The largest absolute Gasteiger partial charge is 0.451 e. The lowest BCUT2D eigenvalue weighted by atomic mass is 10.0. The maximum atomic E-state index is 14.2. The van der Waals surface area contributed by atoms with Gasteiger partial charge in [-0.25, -0.2) is 9.59 Å². The van der Waals surface area contributed by atoms with Crippen molar-refractivity contribution < 1.29 is 43.0 Å². The molecule has 8 rings (SSSR count). The standard InChI is InChI=1S/C48H39N3O9S/c52-28-34-29-61-46-39(45(56)51(46)40(34)48(58)60-42(32-20-9-3-10-21-32)33-22-11-4-12-23-33)49-38(53)27-15-26-37(50-43(54)35-24-13-14-25-36(35)44(50)55)47(57)59-41(30-16-5-1-6-17-30)31-18-7-2-8-19-31/h1-14,16-25,28,37,39,41-42,46H,15,26-27,29H2,(H,49,53)/t37?,39-,46+/m1/s1. The fraction of sp³-hybridized carbons (Fsp3) is 0.188. The second-order valence-corrected chi connectivity index (χ2v) is 15.7. The van der Waals surface area contributed by atoms with Crippen LogP contribution in [0.4, 0.5) is 0 Å². The Labute approximate surface area is 355 Å². The number of carbonyl (C=O) groups excluding carboxylic acids is 7. The Bertz CT molecular complexity index is 2400. The van der Waals surface area contributed by atoms with Crippen molar-refractivity contribution in [1.29, 1.82) is 0 Å². The van der Waals surface area contributed by atoms with E-state index in [1.807, 2.05) is 121 Å². The maximum absolute atomic E-state index is 14.2. The highest BCUT2D eigenvalue weighted by Gasteiger charge is 2.55. The van der Waals surface area contributed by atoms with Gasteiger partial charge in [-0.1, -0.05) is 133 Å². The number of imide groups is 1. The van der Waals surface area contributed by atoms with E-state index in [9.17, 15) is 33.6 Å². The van der Waals surface area contributed by atoms with E-state index in [-0.39, 0.29) is 47.4 Å². The molecule has 0 radical (unpaired) electrons. The average Bonchev–Trinajstić information content (AvgIpc) is 3.56. The van der Waals surface area contributed by atoms with Crippen LogP contribution in [0.15, 0.2) is 157 Å². The first-order chi connectivity index (χ1) is 29.7. The number of thioether (sulfide) groups is 1. The zero-order valence-electron chi connectivity index (χ0n) is 32.6. The maximum Gasteiger partial charge on any atom is 0.356 e. The summed E-state index contributed by atoms with van der Waals surface area (Å²) in [5.41, 5.74) is 3.01. The first kappa shape index (κ1) is 40.7. The molecule has 13 heteroatoms. The van der Waals surface area contributed by atoms with Gasteiger partial charge in [0.2, 0.25) is 5.91 Å². The summed E-state index contributed by atoms with van der Waals surface area (Å²) in [5.74, 6) is -3.98. The predicted molar refractivity (Wildman–Crippen MR) is 224 cm³/mol. The van der Waals surface area contributed by atoms with Crippen LogP contribution in [-0.4, -0.2) is 74.9 Å². The number of benzene rings is 5. The summed E-state index contributed by atoms with van der Waals surface area (Å²) in [7, 11) is 0. The summed E-state index contributed by atoms with van der Waals surface area (Å²) < 4.78 is 12.2. The first-order valence-corrected chi connectivity index (χ1v) is 20.8. The normalized spacial score (nSPS) is 17.4. The Morgan fingerprint density at radius 3 is 1.61 bits per heavy atom. The lowest BCUT2D eigenvalue weighted by Crippen LogP contribution is -2.70. The molecule has 5 aromatic rings. The van der Waals surface area contributed by atoms with Crippen LogP contribution in [0, 0.1) is 0 Å². The minimum atomic E-state index is -1.37. The van der Waals surface area contributed by atoms with E-state index in [0.29, 0.717) is 28.5 Å². The number of rotatable bonds is 15. The second kappa shape index (κ2) is 18.0. The topological polar surface area (TPSA) is 156 Å². The van der Waals surface area contributed by atoms with Crippen LogP contribution in [-0.2, 0) is 33.4 Å². The molecule has 1 unspecified atom stereocenters. The molecule has 61 heavy (non-hydrogen) atoms. The third-order valence-electron chi connectivity index (χ3n) is 10.8. The van der Waals surface area contributed by atoms with E-state index in [1.165, 1.54) is 28.8 Å². The molecule has 0 bridgehead atoms. The Hall–Kier alpha value is -7.12. The Morgan fingerprint density at radius 1 is 0.672 bits per heavy atom. The molecule has 12 nitrogen and oxygen atoms in total. The Kier molecular flexibility index (Phi) is 12.0. The highest BCUT2D eigenvalue weighted by molar-refractivity contribution is 8.00. The number of carbonyl (C=O) groups is 7. The number of ether oxygens (including phenoxy) is 2. The zero-order chi connectivity index (χ0) is 42.5. The minimum Gasteiger partial charge on any atom is -0.451 e. The summed E-state index contributed by atoms with van der Waals surface area (Å²) in [6.07, 6.45) is -1.38. The van der Waals surface area contributed by atoms with Gasteiger partial charge in [-0.3, -0.25) is 33.8 Å². The number of nitrogens with one attached hydrogen (secondary N) is 1. The van der Waals surface area contributed by atoms with Gasteiger partial charge in [0.05, 0.1) is 11.1 Å². The van der Waals surface area contributed by atoms with Gasteiger partial charge in [0.15, 0.2) is 12.2 Å². The van der Waals surface area contributed by atoms with Crippen molar-refractivity contribution in [3.63, 3.8) is 0 Å². The number of aldehydes is 1. The number of β-lactam (4-membered cyclic amide) rings is 1. The monoisotopic (exact) mass is 833 g/mol. The Balaban J connectivity index is 0.957. The first-order valence-electron chi connectivity index (χ1n) is 19.8. The molecule has 0 aromatic heterocycles. The molecule has 4 amide bonds. The third kappa shape index (κ3) is 8.24. The number of esters is 2. The van der Waals surface area contributed by atoms with Gasteiger partial charge in [-0.15, -0.1) is 11.8 Å². The fourth-order valence-electron chi connectivity index (χ4n) is 7.79. The van der Waals surface area contributed by atoms with Crippen molar-refractivity contribution in [2.24, 2.45) is 0 Å². The van der Waals surface area contributed by atoms with Crippen molar-refractivity contribution in [2.75, 3.05) is 5.75 Å². The van der Waals surface area contributed by atoms with Gasteiger partial charge in [-0.2, -0.15) is 0 Å². The lowest BCUT2D eigenvalue weighted by Gasteiger charge is -2.49. The molecule has 1 fully saturated rings. The molecule has 3 atom stereocenters. The third-order valence-corrected chi connectivity index (χ3v) is 12.1. The van der Waals surface area contributed by atoms with Crippen molar-refractivity contribution in [3.8, 4) is 0 Å².